The fourth-order valence-electron chi connectivity index (χ4n) is 6.06. The Hall–Kier alpha value is -3.68. The Bertz CT molecular complexity index is 1580. The third kappa shape index (κ3) is 7.73. The van der Waals surface area contributed by atoms with Crippen molar-refractivity contribution >= 4 is 52.3 Å². The van der Waals surface area contributed by atoms with Crippen LogP contribution < -0.4 is 10.4 Å². The van der Waals surface area contributed by atoms with Crippen LogP contribution in [-0.2, 0) is 9.16 Å². The number of nitro groups is 1. The molecular weight excluding hydrogens is 692 g/mol. The molecule has 0 spiro atoms. The topological polar surface area (TPSA) is 102 Å². The van der Waals surface area contributed by atoms with Gasteiger partial charge in [0.05, 0.1) is 11.0 Å². The monoisotopic (exact) mass is 731 g/mol. The van der Waals surface area contributed by atoms with Crippen molar-refractivity contribution in [3.8, 4) is 0 Å². The minimum Gasteiger partial charge on any atom is -0.444 e. The lowest BCUT2D eigenvalue weighted by molar-refractivity contribution is -0.388. The van der Waals surface area contributed by atoms with Crippen molar-refractivity contribution in [2.45, 2.75) is 64.6 Å². The van der Waals surface area contributed by atoms with Crippen LogP contribution in [0, 0.1) is 21.7 Å². The van der Waals surface area contributed by atoms with Crippen LogP contribution in [0.1, 0.15) is 58.3 Å². The van der Waals surface area contributed by atoms with Crippen molar-refractivity contribution < 1.29 is 32.5 Å². The van der Waals surface area contributed by atoms with Gasteiger partial charge in [0.2, 0.25) is 5.82 Å². The first-order valence-electron chi connectivity index (χ1n) is 15.3. The Morgan fingerprint density at radius 3 is 2.02 bits per heavy atom. The molecule has 3 aromatic rings. The molecule has 1 aliphatic rings. The van der Waals surface area contributed by atoms with Crippen LogP contribution in [0.25, 0.3) is 0 Å². The molecule has 4 rings (SSSR count). The van der Waals surface area contributed by atoms with Gasteiger partial charge in [-0.3, -0.25) is 14.9 Å². The normalized spacial score (nSPS) is 15.8. The molecule has 0 radical (unpaired) electrons. The van der Waals surface area contributed by atoms with E-state index >= 15 is 8.78 Å². The summed E-state index contributed by atoms with van der Waals surface area (Å²) < 4.78 is 42.7. The largest absolute Gasteiger partial charge is 0.444 e. The molecule has 252 valence electrons. The first-order chi connectivity index (χ1) is 22.0. The Morgan fingerprint density at radius 1 is 0.979 bits per heavy atom. The molecule has 1 saturated heterocycles. The molecule has 13 heteroatoms. The molecule has 47 heavy (non-hydrogen) atoms. The van der Waals surface area contributed by atoms with Crippen LogP contribution in [-0.4, -0.2) is 72.9 Å². The van der Waals surface area contributed by atoms with E-state index in [1.165, 1.54) is 9.80 Å². The average molecular weight is 733 g/mol. The number of rotatable bonds is 8. The predicted molar refractivity (Wildman–Crippen MR) is 182 cm³/mol. The van der Waals surface area contributed by atoms with E-state index in [0.29, 0.717) is 6.07 Å². The molecule has 1 fully saturated rings. The summed E-state index contributed by atoms with van der Waals surface area (Å²) >= 11 is 2.83. The van der Waals surface area contributed by atoms with Crippen LogP contribution in [0.2, 0.25) is 5.04 Å². The fourth-order valence-corrected chi connectivity index (χ4v) is 11.2. The highest BCUT2D eigenvalue weighted by atomic mass is 79.9. The van der Waals surface area contributed by atoms with E-state index in [-0.39, 0.29) is 37.7 Å². The summed E-state index contributed by atoms with van der Waals surface area (Å²) in [6.07, 6.45) is -0.378. The van der Waals surface area contributed by atoms with Gasteiger partial charge in [-0.25, -0.2) is 9.18 Å². The summed E-state index contributed by atoms with van der Waals surface area (Å²) in [5, 5.41) is 13.3. The molecule has 2 amide bonds. The van der Waals surface area contributed by atoms with Crippen molar-refractivity contribution in [2.75, 3.05) is 26.2 Å². The molecular formula is C34H40BrF2N3O6Si. The second-order valence-corrected chi connectivity index (χ2v) is 18.7. The molecule has 0 aromatic heterocycles. The van der Waals surface area contributed by atoms with E-state index in [2.05, 4.69) is 61.0 Å². The molecule has 1 atom stereocenters. The number of piperazine rings is 1. The van der Waals surface area contributed by atoms with Gasteiger partial charge in [0, 0.05) is 26.2 Å². The van der Waals surface area contributed by atoms with Gasteiger partial charge >= 0.3 is 11.8 Å². The number of ether oxygens (including phenoxy) is 1. The Morgan fingerprint density at radius 2 is 1.53 bits per heavy atom. The van der Waals surface area contributed by atoms with Gasteiger partial charge in [-0.1, -0.05) is 81.4 Å². The fraction of sp³-hybridized carbons (Fsp3) is 0.412. The summed E-state index contributed by atoms with van der Waals surface area (Å²) in [6.45, 7) is 11.7. The van der Waals surface area contributed by atoms with Gasteiger partial charge in [-0.2, -0.15) is 4.39 Å². The Kier molecular flexibility index (Phi) is 10.9. The molecule has 1 heterocycles. The minimum absolute atomic E-state index is 0.00657. The maximum absolute atomic E-state index is 15.4. The predicted octanol–water partition coefficient (Wildman–Crippen LogP) is 6.66. The number of amides is 2. The second-order valence-electron chi connectivity index (χ2n) is 13.5. The first-order valence-corrected chi connectivity index (χ1v) is 18.0. The van der Waals surface area contributed by atoms with Crippen LogP contribution in [0.5, 0.6) is 0 Å². The number of nitrogens with zero attached hydrogens (tertiary/aromatic N) is 3. The third-order valence-electron chi connectivity index (χ3n) is 8.12. The standard InChI is InChI=1S/C34H40BrF2N3O6Si/c1-33(2,3)46-32(42)38-18-19-39(31(41)28-27(36)21-26(35)30(29(28)37)40(43)44)23(22-38)17-20-45-47(34(4,5)6,24-13-9-7-10-14-24)25-15-11-8-12-16-25/h7-16,21,23H,17-20,22H2,1-6H3/t23-/m1/s1. The number of carbonyl (C=O) groups excluding carboxylic acids is 2. The van der Waals surface area contributed by atoms with Gasteiger partial charge < -0.3 is 19.0 Å². The van der Waals surface area contributed by atoms with Crippen molar-refractivity contribution in [2.24, 2.45) is 0 Å². The summed E-state index contributed by atoms with van der Waals surface area (Å²) in [4.78, 5) is 40.2. The van der Waals surface area contributed by atoms with Crippen molar-refractivity contribution in [3.63, 3.8) is 0 Å². The van der Waals surface area contributed by atoms with Crippen molar-refractivity contribution in [3.05, 3.63) is 98.5 Å². The lowest BCUT2D eigenvalue weighted by Crippen LogP contribution is -2.67. The Balaban J connectivity index is 1.72. The maximum Gasteiger partial charge on any atom is 0.410 e. The molecule has 1 aliphatic heterocycles. The lowest BCUT2D eigenvalue weighted by atomic mass is 10.1. The highest BCUT2D eigenvalue weighted by Gasteiger charge is 2.50. The average Bonchev–Trinajstić information content (AvgIpc) is 2.98. The number of benzene rings is 3. The quantitative estimate of drug-likeness (QED) is 0.146. The lowest BCUT2D eigenvalue weighted by Gasteiger charge is -2.45. The van der Waals surface area contributed by atoms with E-state index in [1.54, 1.807) is 20.8 Å². The smallest absolute Gasteiger partial charge is 0.410 e. The van der Waals surface area contributed by atoms with Crippen LogP contribution in [0.15, 0.2) is 71.2 Å². The third-order valence-corrected chi connectivity index (χ3v) is 13.8. The zero-order valence-corrected chi connectivity index (χ0v) is 30.0. The molecule has 0 bridgehead atoms. The summed E-state index contributed by atoms with van der Waals surface area (Å²) in [7, 11) is -2.97. The zero-order chi connectivity index (χ0) is 34.7. The van der Waals surface area contributed by atoms with Crippen molar-refractivity contribution in [1.82, 2.24) is 9.80 Å². The summed E-state index contributed by atoms with van der Waals surface area (Å²) in [6, 6.07) is 19.9. The van der Waals surface area contributed by atoms with Crippen LogP contribution in [0.3, 0.4) is 0 Å². The van der Waals surface area contributed by atoms with Gasteiger partial charge in [-0.05, 0) is 64.6 Å². The molecule has 3 aromatic carbocycles. The van der Waals surface area contributed by atoms with Crippen LogP contribution in [0.4, 0.5) is 19.3 Å². The Labute approximate surface area is 283 Å². The SMILES string of the molecule is CC(C)(C)OC(=O)N1CCN(C(=O)c2c(F)cc(Br)c([N+](=O)[O-])c2F)[C@H](CCO[Si](c2ccccc2)(c2ccccc2)C(C)(C)C)C1. The second kappa shape index (κ2) is 14.2. The van der Waals surface area contributed by atoms with Gasteiger partial charge in [0.1, 0.15) is 21.5 Å². The van der Waals surface area contributed by atoms with Gasteiger partial charge in [0.25, 0.3) is 14.2 Å². The van der Waals surface area contributed by atoms with E-state index in [0.717, 1.165) is 10.4 Å². The van der Waals surface area contributed by atoms with Crippen LogP contribution >= 0.6 is 15.9 Å². The summed E-state index contributed by atoms with van der Waals surface area (Å²) in [5.74, 6) is -3.85. The number of carbonyl (C=O) groups is 2. The van der Waals surface area contributed by atoms with E-state index in [4.69, 9.17) is 9.16 Å². The molecule has 9 nitrogen and oxygen atoms in total. The number of hydrogen-bond donors (Lipinski definition) is 0. The number of nitro benzene ring substituents is 1. The van der Waals surface area contributed by atoms with Gasteiger partial charge in [0.15, 0.2) is 0 Å². The molecule has 0 unspecified atom stereocenters. The number of hydrogen-bond acceptors (Lipinski definition) is 6. The maximum atomic E-state index is 15.4. The minimum atomic E-state index is -2.97. The molecule has 0 saturated carbocycles. The molecule has 0 aliphatic carbocycles. The van der Waals surface area contributed by atoms with Gasteiger partial charge in [-0.15, -0.1) is 0 Å². The van der Waals surface area contributed by atoms with Crippen molar-refractivity contribution in [1.29, 1.82) is 0 Å². The van der Waals surface area contributed by atoms with E-state index in [1.807, 2.05) is 36.4 Å². The summed E-state index contributed by atoms with van der Waals surface area (Å²) in [5.41, 5.74) is -2.83. The highest BCUT2D eigenvalue weighted by molar-refractivity contribution is 9.10. The van der Waals surface area contributed by atoms with E-state index < -0.39 is 64.2 Å². The first kappa shape index (κ1) is 36.2. The zero-order valence-electron chi connectivity index (χ0n) is 27.4. The molecule has 0 N–H and O–H groups in total. The number of halogens is 3. The highest BCUT2D eigenvalue weighted by Crippen LogP contribution is 2.37. The van der Waals surface area contributed by atoms with E-state index in [9.17, 15) is 19.7 Å².